The summed E-state index contributed by atoms with van der Waals surface area (Å²) in [4.78, 5) is 25.6. The Kier molecular flexibility index (Phi) is 9.56. The van der Waals surface area contributed by atoms with Gasteiger partial charge in [-0.15, -0.1) is 0 Å². The number of hydrogen-bond donors (Lipinski definition) is 1. The smallest absolute Gasteiger partial charge is 0.303 e. The van der Waals surface area contributed by atoms with Crippen molar-refractivity contribution >= 4 is 46.3 Å². The fourth-order valence-electron chi connectivity index (χ4n) is 3.72. The average molecular weight is 528 g/mol. The summed E-state index contributed by atoms with van der Waals surface area (Å²) in [6.45, 7) is 7.48. The number of amides is 1. The Bertz CT molecular complexity index is 1140. The number of aliphatic carboxylic acids is 1. The molecule has 6 nitrogen and oxygen atoms in total. The maximum absolute atomic E-state index is 12.9. The van der Waals surface area contributed by atoms with Crippen molar-refractivity contribution in [3.05, 3.63) is 64.1 Å². The van der Waals surface area contributed by atoms with Gasteiger partial charge in [-0.2, -0.15) is 0 Å². The van der Waals surface area contributed by atoms with E-state index in [1.807, 2.05) is 18.2 Å². The lowest BCUT2D eigenvalue weighted by Crippen LogP contribution is -2.29. The highest BCUT2D eigenvalue weighted by Crippen LogP contribution is 2.35. The van der Waals surface area contributed by atoms with Crippen LogP contribution in [0.3, 0.4) is 0 Å². The summed E-state index contributed by atoms with van der Waals surface area (Å²) in [5, 5.41) is 8.74. The molecule has 0 spiro atoms. The van der Waals surface area contributed by atoms with Gasteiger partial charge in [-0.1, -0.05) is 81.5 Å². The van der Waals surface area contributed by atoms with Crippen molar-refractivity contribution < 1.29 is 24.2 Å². The van der Waals surface area contributed by atoms with Gasteiger partial charge in [0, 0.05) is 13.0 Å². The van der Waals surface area contributed by atoms with Crippen LogP contribution in [0.1, 0.15) is 63.1 Å². The van der Waals surface area contributed by atoms with Crippen molar-refractivity contribution in [3.63, 3.8) is 0 Å². The highest BCUT2D eigenvalue weighted by Gasteiger charge is 2.31. The second-order valence-electron chi connectivity index (χ2n) is 9.68. The fraction of sp³-hybridized carbons (Fsp3) is 0.393. The van der Waals surface area contributed by atoms with E-state index in [0.29, 0.717) is 46.7 Å². The van der Waals surface area contributed by atoms with E-state index in [2.05, 4.69) is 45.0 Å². The van der Waals surface area contributed by atoms with Crippen molar-refractivity contribution in [1.82, 2.24) is 4.90 Å². The molecule has 0 aromatic heterocycles. The van der Waals surface area contributed by atoms with Gasteiger partial charge >= 0.3 is 5.97 Å². The van der Waals surface area contributed by atoms with Gasteiger partial charge in [-0.05, 0) is 53.2 Å². The fourth-order valence-corrected chi connectivity index (χ4v) is 5.03. The number of hydrogen-bond acceptors (Lipinski definition) is 6. The van der Waals surface area contributed by atoms with Gasteiger partial charge < -0.3 is 14.6 Å². The molecule has 1 saturated heterocycles. The molecule has 1 N–H and O–H groups in total. The van der Waals surface area contributed by atoms with Gasteiger partial charge in [0.2, 0.25) is 0 Å². The molecule has 1 aliphatic heterocycles. The minimum absolute atomic E-state index is 0.106. The number of carboxylic acid groups (broad SMARTS) is 1. The topological polar surface area (TPSA) is 76.1 Å². The summed E-state index contributed by atoms with van der Waals surface area (Å²) in [5.74, 6) is 0.291. The number of carboxylic acids is 1. The SMILES string of the molecule is COc1cc(/C=C2/SC(=S)N(CCCCCC(=O)O)C2=O)ccc1OCc1ccc(C(C)(C)C)cc1. The van der Waals surface area contributed by atoms with Gasteiger partial charge in [-0.25, -0.2) is 0 Å². The van der Waals surface area contributed by atoms with Crippen molar-refractivity contribution in [3.8, 4) is 11.5 Å². The van der Waals surface area contributed by atoms with E-state index in [9.17, 15) is 9.59 Å². The maximum Gasteiger partial charge on any atom is 0.303 e. The van der Waals surface area contributed by atoms with E-state index in [1.165, 1.54) is 17.3 Å². The Morgan fingerprint density at radius 3 is 2.44 bits per heavy atom. The predicted octanol–water partition coefficient (Wildman–Crippen LogP) is 6.42. The minimum atomic E-state index is -0.801. The molecule has 192 valence electrons. The quantitative estimate of drug-likeness (QED) is 0.205. The lowest BCUT2D eigenvalue weighted by atomic mass is 9.87. The number of carbonyl (C=O) groups excluding carboxylic acids is 1. The molecule has 2 aromatic carbocycles. The van der Waals surface area contributed by atoms with Gasteiger partial charge in [0.05, 0.1) is 12.0 Å². The van der Waals surface area contributed by atoms with Crippen LogP contribution >= 0.6 is 24.0 Å². The van der Waals surface area contributed by atoms with E-state index in [0.717, 1.165) is 17.5 Å². The molecule has 2 aromatic rings. The number of ether oxygens (including phenoxy) is 2. The zero-order valence-corrected chi connectivity index (χ0v) is 22.8. The van der Waals surface area contributed by atoms with Crippen LogP contribution < -0.4 is 9.47 Å². The summed E-state index contributed by atoms with van der Waals surface area (Å²) >= 11 is 6.67. The van der Waals surface area contributed by atoms with Crippen molar-refractivity contribution in [2.24, 2.45) is 0 Å². The molecule has 0 bridgehead atoms. The molecule has 3 rings (SSSR count). The maximum atomic E-state index is 12.9. The van der Waals surface area contributed by atoms with Gasteiger partial charge in [0.1, 0.15) is 10.9 Å². The number of unbranched alkanes of at least 4 members (excludes halogenated alkanes) is 2. The van der Waals surface area contributed by atoms with Gasteiger partial charge in [-0.3, -0.25) is 14.5 Å². The van der Waals surface area contributed by atoms with Crippen LogP contribution in [-0.2, 0) is 21.6 Å². The third kappa shape index (κ3) is 7.58. The van der Waals surface area contributed by atoms with Crippen molar-refractivity contribution in [2.75, 3.05) is 13.7 Å². The van der Waals surface area contributed by atoms with Crippen LogP contribution in [0.25, 0.3) is 6.08 Å². The number of rotatable bonds is 11. The molecular formula is C28H33NO5S2. The number of benzene rings is 2. The Balaban J connectivity index is 1.62. The average Bonchev–Trinajstić information content (AvgIpc) is 3.09. The van der Waals surface area contributed by atoms with E-state index in [-0.39, 0.29) is 17.7 Å². The van der Waals surface area contributed by atoms with E-state index >= 15 is 0 Å². The molecule has 1 heterocycles. The van der Waals surface area contributed by atoms with E-state index in [1.54, 1.807) is 18.1 Å². The summed E-state index contributed by atoms with van der Waals surface area (Å²) in [7, 11) is 1.59. The number of carbonyl (C=O) groups is 2. The van der Waals surface area contributed by atoms with Crippen LogP contribution in [0.2, 0.25) is 0 Å². The lowest BCUT2D eigenvalue weighted by Gasteiger charge is -2.19. The van der Waals surface area contributed by atoms with Gasteiger partial charge in [0.15, 0.2) is 11.5 Å². The first-order chi connectivity index (χ1) is 17.1. The summed E-state index contributed by atoms with van der Waals surface area (Å²) in [5.41, 5.74) is 3.27. The summed E-state index contributed by atoms with van der Waals surface area (Å²) in [6.07, 6.45) is 3.99. The molecule has 0 radical (unpaired) electrons. The monoisotopic (exact) mass is 527 g/mol. The van der Waals surface area contributed by atoms with E-state index in [4.69, 9.17) is 26.8 Å². The molecular weight excluding hydrogens is 494 g/mol. The molecule has 0 aliphatic carbocycles. The zero-order chi connectivity index (χ0) is 26.3. The molecule has 0 atom stereocenters. The van der Waals surface area contributed by atoms with Crippen molar-refractivity contribution in [1.29, 1.82) is 0 Å². The summed E-state index contributed by atoms with van der Waals surface area (Å²) < 4.78 is 12.1. The van der Waals surface area contributed by atoms with Crippen LogP contribution in [0.15, 0.2) is 47.4 Å². The minimum Gasteiger partial charge on any atom is -0.493 e. The second kappa shape index (κ2) is 12.4. The van der Waals surface area contributed by atoms with Crippen LogP contribution in [-0.4, -0.2) is 39.9 Å². The first kappa shape index (κ1) is 27.7. The molecule has 1 fully saturated rings. The third-order valence-electron chi connectivity index (χ3n) is 5.85. The number of methoxy groups -OCH3 is 1. The first-order valence-electron chi connectivity index (χ1n) is 12.0. The van der Waals surface area contributed by atoms with Crippen LogP contribution in [0.5, 0.6) is 11.5 Å². The molecule has 8 heteroatoms. The molecule has 36 heavy (non-hydrogen) atoms. The summed E-state index contributed by atoms with van der Waals surface area (Å²) in [6, 6.07) is 14.0. The zero-order valence-electron chi connectivity index (χ0n) is 21.2. The highest BCUT2D eigenvalue weighted by atomic mass is 32.2. The predicted molar refractivity (Wildman–Crippen MR) is 148 cm³/mol. The third-order valence-corrected chi connectivity index (χ3v) is 7.22. The van der Waals surface area contributed by atoms with Crippen molar-refractivity contribution in [2.45, 2.75) is 58.5 Å². The molecule has 1 aliphatic rings. The number of nitrogens with zero attached hydrogens (tertiary/aromatic N) is 1. The molecule has 0 unspecified atom stereocenters. The Morgan fingerprint density at radius 1 is 1.08 bits per heavy atom. The molecule has 0 saturated carbocycles. The Morgan fingerprint density at radius 2 is 1.81 bits per heavy atom. The Labute approximate surface area is 222 Å². The van der Waals surface area contributed by atoms with E-state index < -0.39 is 5.97 Å². The largest absolute Gasteiger partial charge is 0.493 e. The van der Waals surface area contributed by atoms with Gasteiger partial charge in [0.25, 0.3) is 5.91 Å². The second-order valence-corrected chi connectivity index (χ2v) is 11.4. The first-order valence-corrected chi connectivity index (χ1v) is 13.2. The number of thioether (sulfide) groups is 1. The molecule has 1 amide bonds. The highest BCUT2D eigenvalue weighted by molar-refractivity contribution is 8.26. The Hall–Kier alpha value is -2.84. The normalized spacial score (nSPS) is 15.0. The number of thiocarbonyl (C=S) groups is 1. The lowest BCUT2D eigenvalue weighted by molar-refractivity contribution is -0.137. The van der Waals surface area contributed by atoms with Crippen LogP contribution in [0.4, 0.5) is 0 Å². The standard InChI is InChI=1S/C28H33NO5S2/c1-28(2,3)21-12-9-19(10-13-21)18-34-22-14-11-20(16-23(22)33-4)17-24-26(32)29(27(35)36-24)15-7-5-6-8-25(30)31/h9-14,16-17H,5-8,15,18H2,1-4H3,(H,30,31)/b24-17+. The van der Waals surface area contributed by atoms with Crippen LogP contribution in [0, 0.1) is 0 Å².